The van der Waals surface area contributed by atoms with Crippen LogP contribution in [0.3, 0.4) is 0 Å². The molecule has 0 bridgehead atoms. The van der Waals surface area contributed by atoms with Gasteiger partial charge in [-0.2, -0.15) is 0 Å². The lowest BCUT2D eigenvalue weighted by Gasteiger charge is -1.85. The second-order valence-corrected chi connectivity index (χ2v) is 1.88. The zero-order chi connectivity index (χ0) is 7.98. The van der Waals surface area contributed by atoms with E-state index in [4.69, 9.17) is 11.6 Å². The van der Waals surface area contributed by atoms with E-state index in [0.717, 1.165) is 0 Å². The molecular weight excluding hydrogens is 158 g/mol. The Bertz CT molecular complexity index is 171. The molecule has 0 amide bonds. The van der Waals surface area contributed by atoms with E-state index in [1.165, 1.54) is 12.1 Å². The summed E-state index contributed by atoms with van der Waals surface area (Å²) >= 11 is 5.40. The number of rotatable bonds is 0. The molecule has 0 aliphatic carbocycles. The Kier molecular flexibility index (Phi) is 4.85. The molecule has 0 radical (unpaired) electrons. The van der Waals surface area contributed by atoms with Crippen LogP contribution in [-0.2, 0) is 0 Å². The van der Waals surface area contributed by atoms with Crippen LogP contribution in [0.1, 0.15) is 0 Å². The van der Waals surface area contributed by atoms with Crippen LogP contribution in [0.5, 0.6) is 0 Å². The molecule has 1 aromatic carbocycles. The molecule has 1 rings (SSSR count). The summed E-state index contributed by atoms with van der Waals surface area (Å²) in [6.07, 6.45) is 0. The summed E-state index contributed by atoms with van der Waals surface area (Å²) in [5.41, 5.74) is 0. The van der Waals surface area contributed by atoms with Crippen molar-refractivity contribution in [3.8, 4) is 0 Å². The molecule has 0 aromatic heterocycles. The summed E-state index contributed by atoms with van der Waals surface area (Å²) in [6, 6.07) is 5.82. The summed E-state index contributed by atoms with van der Waals surface area (Å²) in [7, 11) is 0.500. The maximum Gasteiger partial charge on any atom is 0.124 e. The molecule has 0 aliphatic rings. The topological polar surface area (TPSA) is 0 Å². The lowest BCUT2D eigenvalue weighted by molar-refractivity contribution is 0.628. The normalized spacial score (nSPS) is 8.00. The monoisotopic (exact) mass is 164 g/mol. The fraction of sp³-hybridized carbons (Fsp3) is 0.143. The predicted octanol–water partition coefficient (Wildman–Crippen LogP) is 3.06. The van der Waals surface area contributed by atoms with Crippen molar-refractivity contribution in [3.63, 3.8) is 0 Å². The minimum absolute atomic E-state index is 0.294. The van der Waals surface area contributed by atoms with Crippen LogP contribution in [0.4, 0.5) is 8.78 Å². The SMILES string of the molecule is CF.Fc1cccc(Cl)c1. The zero-order valence-corrected chi connectivity index (χ0v) is 6.20. The number of benzene rings is 1. The van der Waals surface area contributed by atoms with Gasteiger partial charge in [-0.3, -0.25) is 4.39 Å². The molecule has 56 valence electrons. The highest BCUT2D eigenvalue weighted by Crippen LogP contribution is 2.07. The predicted molar refractivity (Wildman–Crippen MR) is 38.4 cm³/mol. The average molecular weight is 165 g/mol. The lowest BCUT2D eigenvalue weighted by Crippen LogP contribution is -1.68. The number of alkyl halides is 1. The fourth-order valence-electron chi connectivity index (χ4n) is 0.460. The van der Waals surface area contributed by atoms with Gasteiger partial charge in [0, 0.05) is 5.02 Å². The van der Waals surface area contributed by atoms with E-state index in [1.807, 2.05) is 0 Å². The molecule has 0 nitrogen and oxygen atoms in total. The second-order valence-electron chi connectivity index (χ2n) is 1.44. The number of hydrogen-bond acceptors (Lipinski definition) is 0. The zero-order valence-electron chi connectivity index (χ0n) is 5.44. The van der Waals surface area contributed by atoms with Crippen molar-refractivity contribution in [1.29, 1.82) is 0 Å². The minimum atomic E-state index is -0.294. The van der Waals surface area contributed by atoms with Gasteiger partial charge in [0.25, 0.3) is 0 Å². The van der Waals surface area contributed by atoms with Gasteiger partial charge in [0.2, 0.25) is 0 Å². The van der Waals surface area contributed by atoms with Gasteiger partial charge in [0.1, 0.15) is 5.82 Å². The molecule has 3 heteroatoms. The smallest absolute Gasteiger partial charge is 0.124 e. The molecule has 0 spiro atoms. The van der Waals surface area contributed by atoms with Crippen LogP contribution in [0.15, 0.2) is 24.3 Å². The van der Waals surface area contributed by atoms with Gasteiger partial charge in [0.05, 0.1) is 7.18 Å². The molecule has 0 heterocycles. The van der Waals surface area contributed by atoms with Crippen molar-refractivity contribution in [2.45, 2.75) is 0 Å². The van der Waals surface area contributed by atoms with Gasteiger partial charge < -0.3 is 0 Å². The van der Waals surface area contributed by atoms with E-state index in [2.05, 4.69) is 0 Å². The van der Waals surface area contributed by atoms with Crippen molar-refractivity contribution < 1.29 is 8.78 Å². The molecule has 0 N–H and O–H groups in total. The summed E-state index contributed by atoms with van der Waals surface area (Å²) in [6.45, 7) is 0. The van der Waals surface area contributed by atoms with Crippen molar-refractivity contribution >= 4 is 11.6 Å². The highest BCUT2D eigenvalue weighted by Gasteiger charge is 1.86. The van der Waals surface area contributed by atoms with Crippen LogP contribution in [0, 0.1) is 5.82 Å². The van der Waals surface area contributed by atoms with Crippen molar-refractivity contribution in [3.05, 3.63) is 35.1 Å². The first-order valence-corrected chi connectivity index (χ1v) is 2.96. The van der Waals surface area contributed by atoms with Crippen LogP contribution < -0.4 is 0 Å². The first-order chi connectivity index (χ1) is 4.79. The van der Waals surface area contributed by atoms with Crippen LogP contribution in [0.25, 0.3) is 0 Å². The molecule has 0 saturated heterocycles. The van der Waals surface area contributed by atoms with Crippen molar-refractivity contribution in [1.82, 2.24) is 0 Å². The van der Waals surface area contributed by atoms with Gasteiger partial charge in [-0.05, 0) is 18.2 Å². The Morgan fingerprint density at radius 2 is 1.90 bits per heavy atom. The quantitative estimate of drug-likeness (QED) is 0.553. The van der Waals surface area contributed by atoms with E-state index in [1.54, 1.807) is 12.1 Å². The van der Waals surface area contributed by atoms with Gasteiger partial charge >= 0.3 is 0 Å². The largest absolute Gasteiger partial charge is 0.255 e. The van der Waals surface area contributed by atoms with E-state index in [0.29, 0.717) is 12.2 Å². The van der Waals surface area contributed by atoms with Crippen LogP contribution >= 0.6 is 11.6 Å². The molecule has 1 aromatic rings. The van der Waals surface area contributed by atoms with Crippen LogP contribution in [0.2, 0.25) is 5.02 Å². The molecule has 0 fully saturated rings. The van der Waals surface area contributed by atoms with Gasteiger partial charge in [-0.1, -0.05) is 17.7 Å². The summed E-state index contributed by atoms with van der Waals surface area (Å²) < 4.78 is 21.6. The molecule has 0 atom stereocenters. The Balaban J connectivity index is 0.000000371. The molecule has 0 saturated carbocycles. The van der Waals surface area contributed by atoms with Crippen molar-refractivity contribution in [2.24, 2.45) is 0 Å². The van der Waals surface area contributed by atoms with E-state index in [9.17, 15) is 8.78 Å². The van der Waals surface area contributed by atoms with E-state index < -0.39 is 0 Å². The highest BCUT2D eigenvalue weighted by atomic mass is 35.5. The molecule has 10 heavy (non-hydrogen) atoms. The third kappa shape index (κ3) is 3.41. The molecule has 0 aliphatic heterocycles. The second kappa shape index (κ2) is 5.18. The number of halogens is 3. The maximum atomic E-state index is 12.1. The van der Waals surface area contributed by atoms with Gasteiger partial charge in [-0.25, -0.2) is 4.39 Å². The third-order valence-corrected chi connectivity index (χ3v) is 1.02. The molecule has 0 unspecified atom stereocenters. The average Bonchev–Trinajstić information content (AvgIpc) is 1.91. The Morgan fingerprint density at radius 3 is 2.20 bits per heavy atom. The number of hydrogen-bond donors (Lipinski definition) is 0. The standard InChI is InChI=1S/C6H4ClF.CH3F/c7-5-2-1-3-6(8)4-5;1-2/h1-4H;1H3. The molecular formula is C7H7ClF2. The van der Waals surface area contributed by atoms with Crippen molar-refractivity contribution in [2.75, 3.05) is 7.18 Å². The third-order valence-electron chi connectivity index (χ3n) is 0.787. The Hall–Kier alpha value is -0.630. The van der Waals surface area contributed by atoms with Gasteiger partial charge in [-0.15, -0.1) is 0 Å². The first kappa shape index (κ1) is 9.37. The van der Waals surface area contributed by atoms with Gasteiger partial charge in [0.15, 0.2) is 0 Å². The van der Waals surface area contributed by atoms with E-state index in [-0.39, 0.29) is 5.82 Å². The van der Waals surface area contributed by atoms with Crippen LogP contribution in [-0.4, -0.2) is 7.18 Å². The Morgan fingerprint density at radius 1 is 1.30 bits per heavy atom. The summed E-state index contributed by atoms with van der Waals surface area (Å²) in [4.78, 5) is 0. The Labute approximate surface area is 63.4 Å². The maximum absolute atomic E-state index is 12.1. The summed E-state index contributed by atoms with van der Waals surface area (Å²) in [5.74, 6) is -0.294. The lowest BCUT2D eigenvalue weighted by atomic mass is 10.4. The minimum Gasteiger partial charge on any atom is -0.255 e. The highest BCUT2D eigenvalue weighted by molar-refractivity contribution is 6.30. The summed E-state index contributed by atoms with van der Waals surface area (Å²) in [5, 5.41) is 0.435. The fourth-order valence-corrected chi connectivity index (χ4v) is 0.637. The first-order valence-electron chi connectivity index (χ1n) is 2.58. The van der Waals surface area contributed by atoms with E-state index >= 15 is 0 Å².